The lowest BCUT2D eigenvalue weighted by Crippen LogP contribution is -2.36. The first kappa shape index (κ1) is 17.4. The molecule has 0 radical (unpaired) electrons. The van der Waals surface area contributed by atoms with Crippen molar-refractivity contribution in [3.8, 4) is 0 Å². The van der Waals surface area contributed by atoms with Gasteiger partial charge in [-0.25, -0.2) is 4.90 Å². The number of aromatic nitrogens is 3. The lowest BCUT2D eigenvalue weighted by Gasteiger charge is -2.21. The van der Waals surface area contributed by atoms with Crippen molar-refractivity contribution >= 4 is 52.7 Å². The summed E-state index contributed by atoms with van der Waals surface area (Å²) >= 11 is 11.9. The van der Waals surface area contributed by atoms with E-state index in [-0.39, 0.29) is 23.1 Å². The number of carbonyl (C=O) groups excluding carboxylic acids is 1. The van der Waals surface area contributed by atoms with Gasteiger partial charge >= 0.3 is 0 Å². The van der Waals surface area contributed by atoms with E-state index in [1.54, 1.807) is 50.2 Å². The van der Waals surface area contributed by atoms with Gasteiger partial charge in [0.2, 0.25) is 23.1 Å². The van der Waals surface area contributed by atoms with Crippen LogP contribution < -0.4 is 14.7 Å². The summed E-state index contributed by atoms with van der Waals surface area (Å²) in [5, 5.41) is 8.98. The minimum Gasteiger partial charge on any atom is -0.347 e. The Hall–Kier alpha value is -2.45. The summed E-state index contributed by atoms with van der Waals surface area (Å²) in [6.07, 6.45) is 0. The monoisotopic (exact) mass is 379 g/mol. The summed E-state index contributed by atoms with van der Waals surface area (Å²) in [5.41, 5.74) is 0.543. The Morgan fingerprint density at radius 2 is 1.76 bits per heavy atom. The van der Waals surface area contributed by atoms with Crippen LogP contribution in [-0.4, -0.2) is 47.0 Å². The highest BCUT2D eigenvalue weighted by Crippen LogP contribution is 2.29. The first-order valence-corrected chi connectivity index (χ1v) is 8.11. The van der Waals surface area contributed by atoms with Crippen LogP contribution in [0.15, 0.2) is 24.3 Å². The summed E-state index contributed by atoms with van der Waals surface area (Å²) in [6.45, 7) is 1.68. The topological polar surface area (TPSA) is 89.3 Å². The molecule has 1 aromatic heterocycles. The molecular weight excluding hydrogens is 365 g/mol. The van der Waals surface area contributed by atoms with Crippen LogP contribution in [0.4, 0.5) is 17.6 Å². The Bertz CT molecular complexity index is 840. The van der Waals surface area contributed by atoms with Crippen LogP contribution in [0, 0.1) is 5.41 Å². The number of nitrogens with one attached hydrogen (secondary N) is 1. The third kappa shape index (κ3) is 3.10. The number of hydrogen-bond acceptors (Lipinski definition) is 6. The molecule has 2 heterocycles. The fraction of sp³-hybridized carbons (Fsp3) is 0.267. The zero-order chi connectivity index (χ0) is 18.3. The van der Waals surface area contributed by atoms with E-state index in [0.717, 1.165) is 0 Å². The van der Waals surface area contributed by atoms with Gasteiger partial charge in [0.15, 0.2) is 0 Å². The van der Waals surface area contributed by atoms with E-state index < -0.39 is 6.04 Å². The van der Waals surface area contributed by atoms with Gasteiger partial charge in [-0.1, -0.05) is 11.6 Å². The fourth-order valence-electron chi connectivity index (χ4n) is 2.44. The van der Waals surface area contributed by atoms with Gasteiger partial charge in [0, 0.05) is 19.1 Å². The lowest BCUT2D eigenvalue weighted by molar-refractivity contribution is -0.117. The van der Waals surface area contributed by atoms with E-state index in [2.05, 4.69) is 15.0 Å². The summed E-state index contributed by atoms with van der Waals surface area (Å²) in [7, 11) is 3.53. The van der Waals surface area contributed by atoms with Gasteiger partial charge in [-0.3, -0.25) is 15.1 Å². The second kappa shape index (κ2) is 6.45. The number of amides is 1. The highest BCUT2D eigenvalue weighted by atomic mass is 35.5. The van der Waals surface area contributed by atoms with E-state index in [1.807, 2.05) is 0 Å². The van der Waals surface area contributed by atoms with Crippen LogP contribution in [0.2, 0.25) is 10.3 Å². The Balaban J connectivity index is 2.02. The molecule has 1 unspecified atom stereocenters. The van der Waals surface area contributed by atoms with Gasteiger partial charge in [-0.15, -0.1) is 0 Å². The summed E-state index contributed by atoms with van der Waals surface area (Å²) < 4.78 is 0. The van der Waals surface area contributed by atoms with E-state index in [4.69, 9.17) is 28.6 Å². The molecule has 0 bridgehead atoms. The molecule has 0 saturated carbocycles. The average molecular weight is 380 g/mol. The van der Waals surface area contributed by atoms with Crippen LogP contribution in [0.5, 0.6) is 0 Å². The van der Waals surface area contributed by atoms with Gasteiger partial charge < -0.3 is 4.90 Å². The van der Waals surface area contributed by atoms with E-state index in [1.165, 1.54) is 9.80 Å². The summed E-state index contributed by atoms with van der Waals surface area (Å²) in [4.78, 5) is 29.4. The average Bonchev–Trinajstić information content (AvgIpc) is 2.77. The maximum Gasteiger partial charge on any atom is 0.256 e. The summed E-state index contributed by atoms with van der Waals surface area (Å²) in [6, 6.07) is 6.02. The fourth-order valence-corrected chi connectivity index (χ4v) is 2.71. The zero-order valence-corrected chi connectivity index (χ0v) is 15.2. The van der Waals surface area contributed by atoms with Crippen molar-refractivity contribution in [2.75, 3.05) is 28.8 Å². The maximum absolute atomic E-state index is 12.7. The molecule has 25 heavy (non-hydrogen) atoms. The van der Waals surface area contributed by atoms with Crippen molar-refractivity contribution in [3.63, 3.8) is 0 Å². The molecule has 3 rings (SSSR count). The largest absolute Gasteiger partial charge is 0.347 e. The molecule has 1 aliphatic rings. The van der Waals surface area contributed by atoms with Crippen LogP contribution in [0.1, 0.15) is 6.92 Å². The molecule has 8 nitrogen and oxygen atoms in total. The lowest BCUT2D eigenvalue weighted by atomic mass is 10.2. The van der Waals surface area contributed by atoms with Gasteiger partial charge in [0.05, 0.1) is 5.69 Å². The minimum absolute atomic E-state index is 0.00825. The van der Waals surface area contributed by atoms with Crippen molar-refractivity contribution in [3.05, 3.63) is 34.6 Å². The van der Waals surface area contributed by atoms with Crippen LogP contribution in [-0.2, 0) is 4.79 Å². The third-order valence-electron chi connectivity index (χ3n) is 3.69. The highest BCUT2D eigenvalue weighted by molar-refractivity contribution is 6.31. The predicted molar refractivity (Wildman–Crippen MR) is 97.8 cm³/mol. The Morgan fingerprint density at radius 1 is 1.12 bits per heavy atom. The van der Waals surface area contributed by atoms with Crippen molar-refractivity contribution in [2.45, 2.75) is 13.0 Å². The second-order valence-corrected chi connectivity index (χ2v) is 6.39. The van der Waals surface area contributed by atoms with Crippen LogP contribution >= 0.6 is 23.2 Å². The first-order valence-electron chi connectivity index (χ1n) is 7.36. The molecule has 0 spiro atoms. The Labute approximate surface area is 154 Å². The van der Waals surface area contributed by atoms with Crippen molar-refractivity contribution in [1.29, 1.82) is 5.41 Å². The number of carbonyl (C=O) groups is 1. The normalized spacial score (nSPS) is 17.4. The SMILES string of the molecule is CC1C(=O)N(c2ccc(Cl)cc2)C(=N)N1c1nc(Cl)nc(N(C)C)n1. The summed E-state index contributed by atoms with van der Waals surface area (Å²) in [5.74, 6) is 0.153. The van der Waals surface area contributed by atoms with E-state index in [9.17, 15) is 4.79 Å². The molecule has 1 N–H and O–H groups in total. The van der Waals surface area contributed by atoms with Gasteiger partial charge in [-0.2, -0.15) is 15.0 Å². The first-order chi connectivity index (χ1) is 11.8. The highest BCUT2D eigenvalue weighted by Gasteiger charge is 2.43. The molecule has 10 heteroatoms. The number of benzene rings is 1. The Kier molecular flexibility index (Phi) is 4.49. The number of rotatable bonds is 3. The van der Waals surface area contributed by atoms with Crippen molar-refractivity contribution in [1.82, 2.24) is 15.0 Å². The van der Waals surface area contributed by atoms with Crippen molar-refractivity contribution < 1.29 is 4.79 Å². The molecule has 1 amide bonds. The number of hydrogen-bond donors (Lipinski definition) is 1. The number of guanidine groups is 1. The molecule has 0 aliphatic carbocycles. The second-order valence-electron chi connectivity index (χ2n) is 5.62. The maximum atomic E-state index is 12.7. The van der Waals surface area contributed by atoms with Gasteiger partial charge in [0.1, 0.15) is 6.04 Å². The molecule has 1 saturated heterocycles. The van der Waals surface area contributed by atoms with E-state index in [0.29, 0.717) is 16.7 Å². The number of anilines is 3. The van der Waals surface area contributed by atoms with E-state index >= 15 is 0 Å². The number of nitrogens with zero attached hydrogens (tertiary/aromatic N) is 6. The molecule has 2 aromatic rings. The Morgan fingerprint density at radius 3 is 2.36 bits per heavy atom. The quantitative estimate of drug-likeness (QED) is 0.880. The molecule has 1 fully saturated rings. The molecule has 1 aliphatic heterocycles. The zero-order valence-electron chi connectivity index (χ0n) is 13.7. The number of halogens is 2. The van der Waals surface area contributed by atoms with Crippen LogP contribution in [0.25, 0.3) is 0 Å². The van der Waals surface area contributed by atoms with Crippen molar-refractivity contribution in [2.24, 2.45) is 0 Å². The van der Waals surface area contributed by atoms with Gasteiger partial charge in [-0.05, 0) is 42.8 Å². The molecule has 130 valence electrons. The predicted octanol–water partition coefficient (Wildman–Crippen LogP) is 2.42. The standard InChI is InChI=1S/C15H15Cl2N7O/c1-8-11(25)24(10-6-4-9(16)5-7-10)13(18)23(8)15-20-12(17)19-14(21-15)22(2)3/h4-8,18H,1-3H3. The van der Waals surface area contributed by atoms with Crippen LogP contribution in [0.3, 0.4) is 0 Å². The third-order valence-corrected chi connectivity index (χ3v) is 4.11. The molecular formula is C15H15Cl2N7O. The smallest absolute Gasteiger partial charge is 0.256 e. The van der Waals surface area contributed by atoms with Gasteiger partial charge in [0.25, 0.3) is 5.91 Å². The molecule has 1 aromatic carbocycles. The molecule has 1 atom stereocenters. The minimum atomic E-state index is -0.656.